The van der Waals surface area contributed by atoms with Crippen LogP contribution in [0.15, 0.2) is 76.1 Å². The van der Waals surface area contributed by atoms with Crippen LogP contribution in [0.3, 0.4) is 0 Å². The Morgan fingerprint density at radius 1 is 1.09 bits per heavy atom. The fourth-order valence-electron chi connectivity index (χ4n) is 3.39. The maximum absolute atomic E-state index is 13.3. The van der Waals surface area contributed by atoms with Crippen LogP contribution >= 0.6 is 15.9 Å². The van der Waals surface area contributed by atoms with Crippen LogP contribution in [0, 0.1) is 5.82 Å². The molecule has 4 rings (SSSR count). The number of sulfonamides is 1. The van der Waals surface area contributed by atoms with E-state index in [4.69, 9.17) is 14.2 Å². The second-order valence-electron chi connectivity index (χ2n) is 7.21. The van der Waals surface area contributed by atoms with Gasteiger partial charge in [-0.25, -0.2) is 22.3 Å². The normalized spacial score (nSPS) is 17.3. The van der Waals surface area contributed by atoms with Crippen LogP contribution in [0.25, 0.3) is 0 Å². The van der Waals surface area contributed by atoms with Crippen LogP contribution in [-0.2, 0) is 14.8 Å². The van der Waals surface area contributed by atoms with Crippen LogP contribution in [0.2, 0.25) is 0 Å². The second-order valence-corrected chi connectivity index (χ2v) is 9.80. The second kappa shape index (κ2) is 9.43. The van der Waals surface area contributed by atoms with E-state index in [9.17, 15) is 22.4 Å². The molecule has 3 aromatic rings. The van der Waals surface area contributed by atoms with E-state index in [1.165, 1.54) is 13.2 Å². The smallest absolute Gasteiger partial charge is 0.422 e. The van der Waals surface area contributed by atoms with Crippen molar-refractivity contribution in [2.45, 2.75) is 17.1 Å². The molecular formula is C23H17BrFNO7S. The van der Waals surface area contributed by atoms with E-state index in [0.29, 0.717) is 15.8 Å². The van der Waals surface area contributed by atoms with Crippen LogP contribution in [0.4, 0.5) is 9.18 Å². The number of methoxy groups -OCH3 is 1. The van der Waals surface area contributed by atoms with Crippen LogP contribution < -0.4 is 14.2 Å². The third-order valence-corrected chi connectivity index (χ3v) is 6.81. The molecule has 0 radical (unpaired) electrons. The number of nitrogens with one attached hydrogen (secondary N) is 1. The highest BCUT2D eigenvalue weighted by atomic mass is 79.9. The fourth-order valence-corrected chi connectivity index (χ4v) is 4.63. The van der Waals surface area contributed by atoms with E-state index in [2.05, 4.69) is 15.9 Å². The number of halogens is 2. The molecule has 0 spiro atoms. The van der Waals surface area contributed by atoms with Gasteiger partial charge in [0, 0.05) is 10.0 Å². The van der Waals surface area contributed by atoms with Crippen molar-refractivity contribution in [2.24, 2.45) is 0 Å². The Morgan fingerprint density at radius 3 is 2.53 bits per heavy atom. The number of rotatable bonds is 5. The summed E-state index contributed by atoms with van der Waals surface area (Å²) in [5.41, 5.74) is 0.633. The summed E-state index contributed by atoms with van der Waals surface area (Å²) < 4.78 is 56.9. The van der Waals surface area contributed by atoms with E-state index in [0.717, 1.165) is 24.3 Å². The molecule has 0 bridgehead atoms. The summed E-state index contributed by atoms with van der Waals surface area (Å²) in [5, 5.41) is 0. The molecular weight excluding hydrogens is 533 g/mol. The molecule has 1 aliphatic rings. The number of hydrogen-bond acceptors (Lipinski definition) is 7. The zero-order valence-electron chi connectivity index (χ0n) is 17.5. The minimum Gasteiger partial charge on any atom is -0.497 e. The lowest BCUT2D eigenvalue weighted by Gasteiger charge is -2.32. The van der Waals surface area contributed by atoms with Gasteiger partial charge in [0.05, 0.1) is 17.6 Å². The third kappa shape index (κ3) is 4.90. The van der Waals surface area contributed by atoms with E-state index < -0.39 is 39.9 Å². The van der Waals surface area contributed by atoms with Crippen molar-refractivity contribution in [3.05, 3.63) is 88.1 Å². The van der Waals surface area contributed by atoms with Crippen molar-refractivity contribution in [3.8, 4) is 11.5 Å². The number of carbonyl (C=O) groups is 2. The number of ether oxygens (including phenoxy) is 3. The Hall–Kier alpha value is -3.44. The van der Waals surface area contributed by atoms with Crippen molar-refractivity contribution < 1.29 is 36.6 Å². The largest absolute Gasteiger partial charge is 0.497 e. The van der Waals surface area contributed by atoms with Gasteiger partial charge < -0.3 is 14.2 Å². The minimum atomic E-state index is -4.38. The quantitative estimate of drug-likeness (QED) is 0.502. The Morgan fingerprint density at radius 2 is 1.82 bits per heavy atom. The lowest BCUT2D eigenvalue weighted by molar-refractivity contribution is 0.0106. The molecule has 3 aromatic carbocycles. The molecule has 0 saturated heterocycles. The highest BCUT2D eigenvalue weighted by molar-refractivity contribution is 9.10. The Kier molecular flexibility index (Phi) is 6.58. The van der Waals surface area contributed by atoms with Crippen LogP contribution in [-0.4, -0.2) is 33.5 Å². The molecule has 0 aliphatic carbocycles. The Balaban J connectivity index is 1.65. The van der Waals surface area contributed by atoms with Gasteiger partial charge in [-0.15, -0.1) is 0 Å². The molecule has 0 aromatic heterocycles. The van der Waals surface area contributed by atoms with Gasteiger partial charge in [-0.1, -0.05) is 28.1 Å². The highest BCUT2D eigenvalue weighted by Crippen LogP contribution is 2.38. The van der Waals surface area contributed by atoms with Crippen molar-refractivity contribution >= 4 is 37.8 Å². The summed E-state index contributed by atoms with van der Waals surface area (Å²) in [6, 6.07) is 15.3. The molecule has 0 fully saturated rings. The molecule has 8 nitrogen and oxygen atoms in total. The molecule has 176 valence electrons. The summed E-state index contributed by atoms with van der Waals surface area (Å²) in [6.45, 7) is 0. The van der Waals surface area contributed by atoms with Crippen molar-refractivity contribution in [2.75, 3.05) is 7.11 Å². The molecule has 1 N–H and O–H groups in total. The predicted octanol–water partition coefficient (Wildman–Crippen LogP) is 4.40. The SMILES string of the molecule is COc1cccc([C@@H]2Oc3ccc(Br)cc3C(=O)[C@H]2OC(=O)NS(=O)(=O)c2ccc(F)cc2)c1. The number of hydrogen-bond donors (Lipinski definition) is 1. The number of Topliss-reactive ketones (excluding diaryl/α,β-unsaturated/α-hetero) is 1. The van der Waals surface area contributed by atoms with Gasteiger partial charge in [-0.3, -0.25) is 4.79 Å². The van der Waals surface area contributed by atoms with E-state index in [1.54, 1.807) is 41.1 Å². The molecule has 1 aliphatic heterocycles. The first-order valence-electron chi connectivity index (χ1n) is 9.81. The van der Waals surface area contributed by atoms with Gasteiger partial charge in [0.1, 0.15) is 17.3 Å². The molecule has 0 saturated carbocycles. The van der Waals surface area contributed by atoms with Gasteiger partial charge in [0.15, 0.2) is 6.10 Å². The average molecular weight is 550 g/mol. The van der Waals surface area contributed by atoms with Gasteiger partial charge in [-0.05, 0) is 54.6 Å². The summed E-state index contributed by atoms with van der Waals surface area (Å²) in [7, 11) is -2.90. The summed E-state index contributed by atoms with van der Waals surface area (Å²) >= 11 is 3.29. The summed E-state index contributed by atoms with van der Waals surface area (Å²) in [4.78, 5) is 25.5. The standard InChI is InChI=1S/C23H17BrFNO7S/c1-31-16-4-2-3-13(11-16)21-22(20(27)18-12-14(24)5-10-19(18)32-21)33-23(28)26-34(29,30)17-8-6-15(25)7-9-17/h2-12,21-22H,1H3,(H,26,28)/t21-,22+/m0/s1. The lowest BCUT2D eigenvalue weighted by Crippen LogP contribution is -2.43. The first-order valence-corrected chi connectivity index (χ1v) is 12.1. The molecule has 0 unspecified atom stereocenters. The van der Waals surface area contributed by atoms with Gasteiger partial charge >= 0.3 is 6.09 Å². The van der Waals surface area contributed by atoms with Gasteiger partial charge in [0.2, 0.25) is 11.9 Å². The van der Waals surface area contributed by atoms with E-state index in [1.807, 2.05) is 0 Å². The highest BCUT2D eigenvalue weighted by Gasteiger charge is 2.42. The Bertz CT molecular complexity index is 1360. The first kappa shape index (κ1) is 23.7. The van der Waals surface area contributed by atoms with Crippen molar-refractivity contribution in [1.29, 1.82) is 0 Å². The summed E-state index contributed by atoms with van der Waals surface area (Å²) in [5.74, 6) is -0.459. The van der Waals surface area contributed by atoms with Crippen molar-refractivity contribution in [1.82, 2.24) is 4.72 Å². The van der Waals surface area contributed by atoms with Crippen LogP contribution in [0.1, 0.15) is 22.0 Å². The van der Waals surface area contributed by atoms with Gasteiger partial charge in [0.25, 0.3) is 10.0 Å². The minimum absolute atomic E-state index is 0.160. The number of fused-ring (bicyclic) bond motifs is 1. The molecule has 11 heteroatoms. The molecule has 1 amide bonds. The number of carbonyl (C=O) groups excluding carboxylic acids is 2. The molecule has 2 atom stereocenters. The Labute approximate surface area is 202 Å². The predicted molar refractivity (Wildman–Crippen MR) is 122 cm³/mol. The monoisotopic (exact) mass is 549 g/mol. The lowest BCUT2D eigenvalue weighted by atomic mass is 9.93. The first-order chi connectivity index (χ1) is 16.2. The maximum atomic E-state index is 13.3. The van der Waals surface area contributed by atoms with E-state index in [-0.39, 0.29) is 16.2 Å². The molecule has 34 heavy (non-hydrogen) atoms. The number of benzene rings is 3. The van der Waals surface area contributed by atoms with Crippen molar-refractivity contribution in [3.63, 3.8) is 0 Å². The summed E-state index contributed by atoms with van der Waals surface area (Å²) in [6.07, 6.45) is -3.97. The zero-order chi connectivity index (χ0) is 24.5. The van der Waals surface area contributed by atoms with E-state index >= 15 is 0 Å². The van der Waals surface area contributed by atoms with Gasteiger partial charge in [-0.2, -0.15) is 0 Å². The molecule has 1 heterocycles. The fraction of sp³-hybridized carbons (Fsp3) is 0.130. The average Bonchev–Trinajstić information content (AvgIpc) is 2.81. The number of ketones is 1. The zero-order valence-corrected chi connectivity index (χ0v) is 19.9. The topological polar surface area (TPSA) is 108 Å². The van der Waals surface area contributed by atoms with Crippen LogP contribution in [0.5, 0.6) is 11.5 Å². The number of amides is 1. The third-order valence-electron chi connectivity index (χ3n) is 4.99. The maximum Gasteiger partial charge on any atom is 0.422 e.